The molecule has 0 bridgehead atoms. The number of rotatable bonds is 5. The number of allylic oxidation sites excluding steroid dienone is 6. The van der Waals surface area contributed by atoms with Gasteiger partial charge in [0.1, 0.15) is 17.3 Å². The highest BCUT2D eigenvalue weighted by molar-refractivity contribution is 6.25. The fraction of sp³-hybridized carbons (Fsp3) is 0.0517. The van der Waals surface area contributed by atoms with Crippen molar-refractivity contribution in [2.45, 2.75) is 12.6 Å². The summed E-state index contributed by atoms with van der Waals surface area (Å²) < 4.78 is 9.30. The SMILES string of the molecule is C1=CC2=Cc3c(c4ccccc4n3-c3ccc(-c4cc5oc6cccc(C7=CC(c8ccc9ccccc9c8)=NC(c8ccccc8)N7)c6c5c5ccccc45)cc3)CC2C=C1. The van der Waals surface area contributed by atoms with Crippen molar-refractivity contribution < 1.29 is 4.42 Å². The Morgan fingerprint density at radius 3 is 2.24 bits per heavy atom. The molecular formula is C58H39N3O. The first-order chi connectivity index (χ1) is 30.7. The minimum Gasteiger partial charge on any atom is -0.456 e. The van der Waals surface area contributed by atoms with E-state index in [4.69, 9.17) is 9.41 Å². The van der Waals surface area contributed by atoms with Crippen molar-refractivity contribution in [3.63, 3.8) is 0 Å². The number of furan rings is 1. The lowest BCUT2D eigenvalue weighted by Crippen LogP contribution is -2.25. The molecule has 0 amide bonds. The number of hydrogen-bond donors (Lipinski definition) is 1. The molecule has 2 atom stereocenters. The molecule has 0 spiro atoms. The van der Waals surface area contributed by atoms with Gasteiger partial charge in [0.2, 0.25) is 0 Å². The number of aromatic nitrogens is 1. The van der Waals surface area contributed by atoms with Gasteiger partial charge in [-0.25, -0.2) is 0 Å². The van der Waals surface area contributed by atoms with E-state index in [-0.39, 0.29) is 6.17 Å². The van der Waals surface area contributed by atoms with Gasteiger partial charge in [-0.2, -0.15) is 0 Å². The highest BCUT2D eigenvalue weighted by Gasteiger charge is 2.27. The molecule has 2 aliphatic carbocycles. The van der Waals surface area contributed by atoms with Crippen molar-refractivity contribution >= 4 is 71.9 Å². The number of fused-ring (bicyclic) bond motifs is 10. The molecule has 4 heteroatoms. The predicted molar refractivity (Wildman–Crippen MR) is 258 cm³/mol. The van der Waals surface area contributed by atoms with Crippen molar-refractivity contribution in [1.29, 1.82) is 0 Å². The second kappa shape index (κ2) is 13.8. The van der Waals surface area contributed by atoms with Crippen molar-refractivity contribution in [1.82, 2.24) is 9.88 Å². The maximum absolute atomic E-state index is 6.86. The first-order valence-corrected chi connectivity index (χ1v) is 21.5. The molecule has 0 fully saturated rings. The fourth-order valence-corrected chi connectivity index (χ4v) is 10.2. The minimum atomic E-state index is -0.262. The molecular weight excluding hydrogens is 755 g/mol. The molecule has 0 radical (unpaired) electrons. The highest BCUT2D eigenvalue weighted by atomic mass is 16.3. The molecule has 0 saturated heterocycles. The van der Waals surface area contributed by atoms with E-state index in [1.165, 1.54) is 43.9 Å². The van der Waals surface area contributed by atoms with Crippen LogP contribution in [0.4, 0.5) is 0 Å². The van der Waals surface area contributed by atoms with Gasteiger partial charge in [0.25, 0.3) is 0 Å². The molecule has 4 nitrogen and oxygen atoms in total. The Labute approximate surface area is 358 Å². The number of benzene rings is 8. The third-order valence-corrected chi connectivity index (χ3v) is 13.2. The molecule has 1 aliphatic heterocycles. The molecule has 8 aromatic carbocycles. The van der Waals surface area contributed by atoms with Gasteiger partial charge in [-0.1, -0.05) is 158 Å². The van der Waals surface area contributed by atoms with Gasteiger partial charge in [-0.05, 0) is 104 Å². The number of nitrogens with one attached hydrogen (secondary N) is 1. The Morgan fingerprint density at radius 1 is 0.581 bits per heavy atom. The Hall–Kier alpha value is -7.95. The zero-order valence-electron chi connectivity index (χ0n) is 33.8. The minimum absolute atomic E-state index is 0.262. The summed E-state index contributed by atoms with van der Waals surface area (Å²) in [6.07, 6.45) is 14.3. The van der Waals surface area contributed by atoms with E-state index in [2.05, 4.69) is 216 Å². The summed E-state index contributed by atoms with van der Waals surface area (Å²) in [5.41, 5.74) is 15.7. The maximum atomic E-state index is 6.86. The van der Waals surface area contributed by atoms with Crippen molar-refractivity contribution in [2.24, 2.45) is 10.9 Å². The van der Waals surface area contributed by atoms with E-state index in [0.717, 1.165) is 78.7 Å². The predicted octanol–water partition coefficient (Wildman–Crippen LogP) is 14.3. The normalized spacial score (nSPS) is 16.9. The zero-order valence-corrected chi connectivity index (χ0v) is 33.8. The van der Waals surface area contributed by atoms with E-state index >= 15 is 0 Å². The quantitative estimate of drug-likeness (QED) is 0.189. The van der Waals surface area contributed by atoms with Crippen LogP contribution < -0.4 is 5.32 Å². The van der Waals surface area contributed by atoms with E-state index in [1.54, 1.807) is 0 Å². The lowest BCUT2D eigenvalue weighted by molar-refractivity contribution is 0.663. The van der Waals surface area contributed by atoms with Gasteiger partial charge in [0, 0.05) is 44.6 Å². The van der Waals surface area contributed by atoms with Crippen LogP contribution in [0.3, 0.4) is 0 Å². The molecule has 1 N–H and O–H groups in total. The van der Waals surface area contributed by atoms with Gasteiger partial charge in [0.05, 0.1) is 16.9 Å². The van der Waals surface area contributed by atoms with E-state index in [1.807, 2.05) is 0 Å². The van der Waals surface area contributed by atoms with Gasteiger partial charge in [-0.15, -0.1) is 0 Å². The van der Waals surface area contributed by atoms with Crippen LogP contribution in [0.2, 0.25) is 0 Å². The van der Waals surface area contributed by atoms with Gasteiger partial charge >= 0.3 is 0 Å². The summed E-state index contributed by atoms with van der Waals surface area (Å²) in [5, 5.41) is 12.1. The molecule has 292 valence electrons. The Balaban J connectivity index is 0.945. The molecule has 2 aromatic heterocycles. The molecule has 13 rings (SSSR count). The summed E-state index contributed by atoms with van der Waals surface area (Å²) in [6.45, 7) is 0. The number of hydrogen-bond acceptors (Lipinski definition) is 3. The highest BCUT2D eigenvalue weighted by Crippen LogP contribution is 2.44. The van der Waals surface area contributed by atoms with E-state index < -0.39 is 0 Å². The zero-order chi connectivity index (χ0) is 40.7. The van der Waals surface area contributed by atoms with Crippen LogP contribution in [0.5, 0.6) is 0 Å². The van der Waals surface area contributed by atoms with Gasteiger partial charge < -0.3 is 14.3 Å². The fourth-order valence-electron chi connectivity index (χ4n) is 10.2. The first-order valence-electron chi connectivity index (χ1n) is 21.5. The Bertz CT molecular complexity index is 3630. The maximum Gasteiger partial charge on any atom is 0.145 e. The Morgan fingerprint density at radius 2 is 1.35 bits per heavy atom. The van der Waals surface area contributed by atoms with E-state index in [9.17, 15) is 0 Å². The Kier molecular flexibility index (Phi) is 7.76. The molecule has 10 aromatic rings. The second-order valence-corrected chi connectivity index (χ2v) is 16.7. The average Bonchev–Trinajstić information content (AvgIpc) is 3.88. The summed E-state index contributed by atoms with van der Waals surface area (Å²) in [5.74, 6) is 0.426. The molecule has 0 saturated carbocycles. The molecule has 3 aliphatic rings. The summed E-state index contributed by atoms with van der Waals surface area (Å²) >= 11 is 0. The second-order valence-electron chi connectivity index (χ2n) is 16.7. The monoisotopic (exact) mass is 793 g/mol. The van der Waals surface area contributed by atoms with Crippen LogP contribution in [0.1, 0.15) is 34.1 Å². The van der Waals surface area contributed by atoms with Crippen LogP contribution in [0, 0.1) is 5.92 Å². The topological polar surface area (TPSA) is 42.5 Å². The van der Waals surface area contributed by atoms with Crippen molar-refractivity contribution in [3.8, 4) is 16.8 Å². The van der Waals surface area contributed by atoms with Gasteiger partial charge in [-0.3, -0.25) is 4.99 Å². The van der Waals surface area contributed by atoms with Crippen LogP contribution in [0.15, 0.2) is 215 Å². The van der Waals surface area contributed by atoms with Crippen LogP contribution in [-0.4, -0.2) is 10.3 Å². The summed E-state index contributed by atoms with van der Waals surface area (Å²) in [4.78, 5) is 5.30. The number of aliphatic imine (C=N–C) groups is 1. The third-order valence-electron chi connectivity index (χ3n) is 13.2. The summed E-state index contributed by atoms with van der Waals surface area (Å²) in [6, 6.07) is 61.0. The molecule has 62 heavy (non-hydrogen) atoms. The van der Waals surface area contributed by atoms with Gasteiger partial charge in [0.15, 0.2) is 0 Å². The first kappa shape index (κ1) is 34.9. The number of para-hydroxylation sites is 1. The smallest absolute Gasteiger partial charge is 0.145 e. The summed E-state index contributed by atoms with van der Waals surface area (Å²) in [7, 11) is 0. The van der Waals surface area contributed by atoms with Crippen molar-refractivity contribution in [2.75, 3.05) is 0 Å². The van der Waals surface area contributed by atoms with Crippen LogP contribution in [-0.2, 0) is 6.42 Å². The molecule has 2 unspecified atom stereocenters. The third kappa shape index (κ3) is 5.50. The number of nitrogens with zero attached hydrogens (tertiary/aromatic N) is 2. The lowest BCUT2D eigenvalue weighted by atomic mass is 9.83. The van der Waals surface area contributed by atoms with Crippen LogP contribution >= 0.6 is 0 Å². The lowest BCUT2D eigenvalue weighted by Gasteiger charge is -2.25. The molecule has 3 heterocycles. The largest absolute Gasteiger partial charge is 0.456 e. The average molecular weight is 794 g/mol. The standard InChI is InChI=1S/C58H39N3O/c1-2-14-38(15-3-1)58-59-50(42-26-25-36-13-4-5-16-39(36)31-42)35-51(60-58)47-22-12-24-54-57(47)56-46-21-9-8-19-44(46)48(34-55(56)62-54)37-27-29-43(30-28-37)61-52-23-11-10-20-45(52)49-32-40-17-6-7-18-41(40)33-53(49)61/h1-31,33-35,40,58,60H,32H2. The van der Waals surface area contributed by atoms with Crippen molar-refractivity contribution in [3.05, 3.63) is 234 Å². The van der Waals surface area contributed by atoms with E-state index in [0.29, 0.717) is 5.92 Å². The van der Waals surface area contributed by atoms with Crippen LogP contribution in [0.25, 0.3) is 83.0 Å².